The summed E-state index contributed by atoms with van der Waals surface area (Å²) in [4.78, 5) is -0.710. The molecule has 0 unspecified atom stereocenters. The van der Waals surface area contributed by atoms with E-state index in [1.807, 2.05) is 12.2 Å². The van der Waals surface area contributed by atoms with Crippen molar-refractivity contribution < 1.29 is 16.8 Å². The van der Waals surface area contributed by atoms with E-state index in [0.29, 0.717) is 12.8 Å². The Morgan fingerprint density at radius 3 is 2.05 bits per heavy atom. The van der Waals surface area contributed by atoms with Gasteiger partial charge in [0.05, 0.1) is 0 Å². The van der Waals surface area contributed by atoms with E-state index in [-0.39, 0.29) is 10.9 Å². The van der Waals surface area contributed by atoms with Crippen molar-refractivity contribution >= 4 is 20.0 Å². The molecule has 0 bridgehead atoms. The van der Waals surface area contributed by atoms with Gasteiger partial charge in [-0.15, -0.1) is 0 Å². The average Bonchev–Trinajstić information content (AvgIpc) is 2.80. The van der Waals surface area contributed by atoms with Gasteiger partial charge in [0, 0.05) is 6.04 Å². The highest BCUT2D eigenvalue weighted by Crippen LogP contribution is 2.21. The molecule has 2 rings (SSSR count). The van der Waals surface area contributed by atoms with Crippen molar-refractivity contribution in [3.8, 4) is 0 Å². The van der Waals surface area contributed by atoms with Crippen LogP contribution in [0, 0.1) is 0 Å². The van der Waals surface area contributed by atoms with Crippen LogP contribution in [-0.2, 0) is 20.0 Å². The molecule has 1 aromatic rings. The third-order valence-electron chi connectivity index (χ3n) is 2.77. The second-order valence-corrected chi connectivity index (χ2v) is 7.47. The molecule has 6 nitrogen and oxygen atoms in total. The molecule has 0 aliphatic heterocycles. The maximum absolute atomic E-state index is 12.2. The van der Waals surface area contributed by atoms with E-state index < -0.39 is 24.9 Å². The number of hydrogen-bond donors (Lipinski definition) is 2. The first-order valence-electron chi connectivity index (χ1n) is 5.60. The summed E-state index contributed by atoms with van der Waals surface area (Å²) in [5.41, 5.74) is 0. The molecule has 8 heteroatoms. The largest absolute Gasteiger partial charge is 0.242 e. The summed E-state index contributed by atoms with van der Waals surface area (Å²) >= 11 is 0. The van der Waals surface area contributed by atoms with Gasteiger partial charge in [-0.3, -0.25) is 0 Å². The Kier molecular flexibility index (Phi) is 3.77. The number of benzene rings is 1. The molecule has 0 heterocycles. The minimum atomic E-state index is -4.09. The monoisotopic (exact) mass is 302 g/mol. The third kappa shape index (κ3) is 3.21. The van der Waals surface area contributed by atoms with E-state index in [4.69, 9.17) is 5.14 Å². The van der Waals surface area contributed by atoms with Gasteiger partial charge in [0.15, 0.2) is 0 Å². The lowest BCUT2D eigenvalue weighted by molar-refractivity contribution is 0.552. The molecule has 0 atom stereocenters. The molecule has 0 spiro atoms. The number of primary sulfonamides is 1. The fourth-order valence-corrected chi connectivity index (χ4v) is 4.55. The Morgan fingerprint density at radius 1 is 1.00 bits per heavy atom. The molecule has 0 radical (unpaired) electrons. The molecule has 0 amide bonds. The van der Waals surface area contributed by atoms with Crippen LogP contribution in [-0.4, -0.2) is 22.9 Å². The predicted octanol–water partition coefficient (Wildman–Crippen LogP) is 0.331. The zero-order valence-corrected chi connectivity index (χ0v) is 11.6. The van der Waals surface area contributed by atoms with Crippen LogP contribution in [0.1, 0.15) is 12.8 Å². The average molecular weight is 302 g/mol. The summed E-state index contributed by atoms with van der Waals surface area (Å²) in [6, 6.07) is 5.05. The van der Waals surface area contributed by atoms with Crippen molar-refractivity contribution in [2.45, 2.75) is 28.7 Å². The SMILES string of the molecule is NS(=O)(=O)c1ccccc1S(=O)(=O)NC1CC=CC1. The zero-order chi connectivity index (χ0) is 14.1. The summed E-state index contributed by atoms with van der Waals surface area (Å²) < 4.78 is 49.7. The van der Waals surface area contributed by atoms with Crippen LogP contribution in [0.25, 0.3) is 0 Å². The lowest BCUT2D eigenvalue weighted by Crippen LogP contribution is -2.34. The molecule has 0 fully saturated rings. The van der Waals surface area contributed by atoms with E-state index in [1.165, 1.54) is 24.3 Å². The van der Waals surface area contributed by atoms with Gasteiger partial charge in [-0.25, -0.2) is 26.7 Å². The highest BCUT2D eigenvalue weighted by molar-refractivity contribution is 7.92. The van der Waals surface area contributed by atoms with Gasteiger partial charge in [-0.1, -0.05) is 24.3 Å². The Balaban J connectivity index is 2.41. The lowest BCUT2D eigenvalue weighted by Gasteiger charge is -2.14. The maximum Gasteiger partial charge on any atom is 0.242 e. The molecule has 19 heavy (non-hydrogen) atoms. The van der Waals surface area contributed by atoms with E-state index in [0.717, 1.165) is 0 Å². The second-order valence-electron chi connectivity index (χ2n) is 4.25. The number of hydrogen-bond acceptors (Lipinski definition) is 4. The maximum atomic E-state index is 12.2. The molecular formula is C11H14N2O4S2. The Bertz CT molecular complexity index is 700. The molecule has 1 aromatic carbocycles. The normalized spacial score (nSPS) is 16.9. The highest BCUT2D eigenvalue weighted by atomic mass is 32.2. The van der Waals surface area contributed by atoms with Gasteiger partial charge in [-0.2, -0.15) is 0 Å². The Hall–Kier alpha value is -1.22. The Labute approximate surface area is 112 Å². The van der Waals surface area contributed by atoms with E-state index in [2.05, 4.69) is 4.72 Å². The van der Waals surface area contributed by atoms with Crippen molar-refractivity contribution in [1.82, 2.24) is 4.72 Å². The predicted molar refractivity (Wildman–Crippen MR) is 70.3 cm³/mol. The van der Waals surface area contributed by atoms with Gasteiger partial charge in [0.1, 0.15) is 9.79 Å². The number of rotatable bonds is 4. The van der Waals surface area contributed by atoms with Crippen LogP contribution >= 0.6 is 0 Å². The van der Waals surface area contributed by atoms with Crippen LogP contribution < -0.4 is 9.86 Å². The van der Waals surface area contributed by atoms with Crippen LogP contribution in [0.2, 0.25) is 0 Å². The van der Waals surface area contributed by atoms with Crippen LogP contribution in [0.15, 0.2) is 46.2 Å². The summed E-state index contributed by atoms with van der Waals surface area (Å²) in [6.07, 6.45) is 4.94. The first-order chi connectivity index (χ1) is 8.81. The van der Waals surface area contributed by atoms with Crippen molar-refractivity contribution in [3.63, 3.8) is 0 Å². The lowest BCUT2D eigenvalue weighted by atomic mass is 10.3. The first kappa shape index (κ1) is 14.2. The van der Waals surface area contributed by atoms with Crippen LogP contribution in [0.5, 0.6) is 0 Å². The van der Waals surface area contributed by atoms with Gasteiger partial charge in [-0.05, 0) is 25.0 Å². The minimum absolute atomic E-state index is 0.237. The first-order valence-corrected chi connectivity index (χ1v) is 8.63. The van der Waals surface area contributed by atoms with Gasteiger partial charge >= 0.3 is 0 Å². The summed E-state index contributed by atoms with van der Waals surface area (Å²) in [7, 11) is -7.99. The van der Waals surface area contributed by atoms with Crippen molar-refractivity contribution in [2.24, 2.45) is 5.14 Å². The molecule has 0 saturated heterocycles. The minimum Gasteiger partial charge on any atom is -0.225 e. The van der Waals surface area contributed by atoms with E-state index in [9.17, 15) is 16.8 Å². The third-order valence-corrected chi connectivity index (χ3v) is 5.45. The van der Waals surface area contributed by atoms with Gasteiger partial charge < -0.3 is 0 Å². The van der Waals surface area contributed by atoms with Crippen molar-refractivity contribution in [2.75, 3.05) is 0 Å². The Morgan fingerprint density at radius 2 is 1.53 bits per heavy atom. The van der Waals surface area contributed by atoms with Gasteiger partial charge in [0.25, 0.3) is 0 Å². The highest BCUT2D eigenvalue weighted by Gasteiger charge is 2.26. The molecular weight excluding hydrogens is 288 g/mol. The topological polar surface area (TPSA) is 106 Å². The number of nitrogens with one attached hydrogen (secondary N) is 1. The molecule has 0 saturated carbocycles. The van der Waals surface area contributed by atoms with Crippen LogP contribution in [0.3, 0.4) is 0 Å². The summed E-state index contributed by atoms with van der Waals surface area (Å²) in [5, 5.41) is 5.03. The van der Waals surface area contributed by atoms with Gasteiger partial charge in [0.2, 0.25) is 20.0 Å². The smallest absolute Gasteiger partial charge is 0.225 e. The standard InChI is InChI=1S/C11H14N2O4S2/c12-18(14,15)10-7-3-4-8-11(10)19(16,17)13-9-5-1-2-6-9/h1-4,7-9,13H,5-6H2,(H2,12,14,15). The van der Waals surface area contributed by atoms with Crippen molar-refractivity contribution in [3.05, 3.63) is 36.4 Å². The van der Waals surface area contributed by atoms with Crippen molar-refractivity contribution in [1.29, 1.82) is 0 Å². The molecule has 0 aromatic heterocycles. The zero-order valence-electron chi connectivity index (χ0n) is 9.98. The second kappa shape index (κ2) is 5.04. The van der Waals surface area contributed by atoms with E-state index in [1.54, 1.807) is 0 Å². The molecule has 3 N–H and O–H groups in total. The molecule has 104 valence electrons. The molecule has 1 aliphatic rings. The summed E-state index contributed by atoms with van der Waals surface area (Å²) in [6.45, 7) is 0. The van der Waals surface area contributed by atoms with E-state index >= 15 is 0 Å². The fourth-order valence-electron chi connectivity index (χ4n) is 1.90. The number of sulfonamides is 2. The van der Waals surface area contributed by atoms with Crippen LogP contribution in [0.4, 0.5) is 0 Å². The summed E-state index contributed by atoms with van der Waals surface area (Å²) in [5.74, 6) is 0. The fraction of sp³-hybridized carbons (Fsp3) is 0.273. The molecule has 1 aliphatic carbocycles. The quantitative estimate of drug-likeness (QED) is 0.782. The number of nitrogens with two attached hydrogens (primary N) is 1.